The van der Waals surface area contributed by atoms with Gasteiger partial charge in [-0.1, -0.05) is 13.0 Å². The van der Waals surface area contributed by atoms with E-state index in [-0.39, 0.29) is 0 Å². The lowest BCUT2D eigenvalue weighted by molar-refractivity contribution is 0.166. The van der Waals surface area contributed by atoms with Crippen LogP contribution in [0.2, 0.25) is 0 Å². The number of aryl methyl sites for hydroxylation is 1. The van der Waals surface area contributed by atoms with Gasteiger partial charge in [0.15, 0.2) is 0 Å². The van der Waals surface area contributed by atoms with Crippen LogP contribution in [0.4, 0.5) is 0 Å². The molecule has 3 nitrogen and oxygen atoms in total. The molecule has 104 valence electrons. The van der Waals surface area contributed by atoms with E-state index < -0.39 is 0 Å². The Morgan fingerprint density at radius 1 is 1.32 bits per heavy atom. The average molecular weight is 260 g/mol. The fourth-order valence-corrected chi connectivity index (χ4v) is 3.64. The van der Waals surface area contributed by atoms with Crippen LogP contribution in [0, 0.1) is 5.92 Å². The van der Waals surface area contributed by atoms with Gasteiger partial charge in [0.05, 0.1) is 0 Å². The Bertz CT molecular complexity index is 460. The average Bonchev–Trinajstić information content (AvgIpc) is 2.75. The molecule has 3 unspecified atom stereocenters. The molecule has 1 saturated heterocycles. The van der Waals surface area contributed by atoms with Gasteiger partial charge in [-0.25, -0.2) is 0 Å². The van der Waals surface area contributed by atoms with Crippen molar-refractivity contribution in [1.29, 1.82) is 0 Å². The summed E-state index contributed by atoms with van der Waals surface area (Å²) in [6.45, 7) is 4.73. The lowest BCUT2D eigenvalue weighted by Crippen LogP contribution is -2.47. The molecule has 0 radical (unpaired) electrons. The van der Waals surface area contributed by atoms with Crippen LogP contribution in [0.3, 0.4) is 0 Å². The molecule has 1 aromatic rings. The van der Waals surface area contributed by atoms with Crippen LogP contribution in [0.25, 0.3) is 0 Å². The second-order valence-electron chi connectivity index (χ2n) is 6.28. The maximum atomic E-state index is 9.55. The van der Waals surface area contributed by atoms with Gasteiger partial charge in [-0.2, -0.15) is 0 Å². The molecule has 0 aromatic heterocycles. The predicted octanol–water partition coefficient (Wildman–Crippen LogP) is 2.31. The van der Waals surface area contributed by atoms with Crippen molar-refractivity contribution in [2.45, 2.75) is 38.3 Å². The van der Waals surface area contributed by atoms with Gasteiger partial charge in [0.25, 0.3) is 0 Å². The number of piperidine rings is 1. The summed E-state index contributed by atoms with van der Waals surface area (Å²) in [6, 6.07) is 6.94. The van der Waals surface area contributed by atoms with E-state index in [1.807, 2.05) is 12.1 Å². The number of hydrogen-bond donors (Lipinski definition) is 2. The Morgan fingerprint density at radius 2 is 2.16 bits per heavy atom. The van der Waals surface area contributed by atoms with Crippen molar-refractivity contribution < 1.29 is 5.11 Å². The Balaban J connectivity index is 1.69. The summed E-state index contributed by atoms with van der Waals surface area (Å²) >= 11 is 0. The highest BCUT2D eigenvalue weighted by Gasteiger charge is 2.29. The molecular weight excluding hydrogens is 236 g/mol. The van der Waals surface area contributed by atoms with Crippen LogP contribution in [0.5, 0.6) is 5.75 Å². The quantitative estimate of drug-likeness (QED) is 0.856. The van der Waals surface area contributed by atoms with Crippen LogP contribution in [-0.2, 0) is 6.42 Å². The van der Waals surface area contributed by atoms with Crippen LogP contribution < -0.4 is 5.32 Å². The van der Waals surface area contributed by atoms with E-state index in [1.54, 1.807) is 0 Å². The smallest absolute Gasteiger partial charge is 0.115 e. The molecule has 3 atom stereocenters. The summed E-state index contributed by atoms with van der Waals surface area (Å²) in [7, 11) is 2.21. The number of fused-ring (bicyclic) bond motifs is 1. The SMILES string of the molecule is CC1CN(C)CCC1NC1CCc2cc(O)ccc21. The van der Waals surface area contributed by atoms with Gasteiger partial charge >= 0.3 is 0 Å². The highest BCUT2D eigenvalue weighted by molar-refractivity contribution is 5.40. The summed E-state index contributed by atoms with van der Waals surface area (Å²) in [5.74, 6) is 1.10. The Labute approximate surface area is 115 Å². The first-order valence-electron chi connectivity index (χ1n) is 7.40. The second kappa shape index (κ2) is 5.14. The van der Waals surface area contributed by atoms with Crippen molar-refractivity contribution in [2.75, 3.05) is 20.1 Å². The monoisotopic (exact) mass is 260 g/mol. The van der Waals surface area contributed by atoms with Gasteiger partial charge < -0.3 is 15.3 Å². The van der Waals surface area contributed by atoms with Gasteiger partial charge in [0, 0.05) is 18.6 Å². The maximum absolute atomic E-state index is 9.55. The highest BCUT2D eigenvalue weighted by Crippen LogP contribution is 2.34. The van der Waals surface area contributed by atoms with Gasteiger partial charge in [-0.05, 0) is 62.0 Å². The largest absolute Gasteiger partial charge is 0.508 e. The molecule has 1 aliphatic carbocycles. The zero-order valence-electron chi connectivity index (χ0n) is 11.9. The van der Waals surface area contributed by atoms with Crippen molar-refractivity contribution in [3.63, 3.8) is 0 Å². The molecule has 1 heterocycles. The van der Waals surface area contributed by atoms with Crippen molar-refractivity contribution >= 4 is 0 Å². The summed E-state index contributed by atoms with van der Waals surface area (Å²) in [6.07, 6.45) is 3.49. The third kappa shape index (κ3) is 2.63. The Morgan fingerprint density at radius 3 is 2.95 bits per heavy atom. The number of nitrogens with one attached hydrogen (secondary N) is 1. The van der Waals surface area contributed by atoms with Gasteiger partial charge in [-0.3, -0.25) is 0 Å². The number of likely N-dealkylation sites (tertiary alicyclic amines) is 1. The van der Waals surface area contributed by atoms with Crippen LogP contribution in [-0.4, -0.2) is 36.2 Å². The van der Waals surface area contributed by atoms with E-state index in [2.05, 4.69) is 30.3 Å². The molecule has 19 heavy (non-hydrogen) atoms. The Hall–Kier alpha value is -1.06. The molecule has 0 amide bonds. The lowest BCUT2D eigenvalue weighted by Gasteiger charge is -2.37. The number of phenols is 1. The van der Waals surface area contributed by atoms with E-state index in [0.717, 1.165) is 12.8 Å². The molecule has 2 aliphatic rings. The molecule has 0 spiro atoms. The number of rotatable bonds is 2. The van der Waals surface area contributed by atoms with Crippen molar-refractivity contribution in [3.05, 3.63) is 29.3 Å². The van der Waals surface area contributed by atoms with E-state index in [4.69, 9.17) is 0 Å². The normalized spacial score (nSPS) is 31.4. The van der Waals surface area contributed by atoms with E-state index in [9.17, 15) is 5.11 Å². The molecule has 3 heteroatoms. The van der Waals surface area contributed by atoms with E-state index in [0.29, 0.717) is 23.8 Å². The first kappa shape index (κ1) is 12.9. The summed E-state index contributed by atoms with van der Waals surface area (Å²) in [5.41, 5.74) is 2.71. The van der Waals surface area contributed by atoms with Gasteiger partial charge in [-0.15, -0.1) is 0 Å². The number of aromatic hydroxyl groups is 1. The van der Waals surface area contributed by atoms with Crippen LogP contribution >= 0.6 is 0 Å². The second-order valence-corrected chi connectivity index (χ2v) is 6.28. The molecule has 2 N–H and O–H groups in total. The summed E-state index contributed by atoms with van der Waals surface area (Å²) in [4.78, 5) is 2.42. The minimum absolute atomic E-state index is 0.395. The van der Waals surface area contributed by atoms with Crippen LogP contribution in [0.15, 0.2) is 18.2 Å². The third-order valence-corrected chi connectivity index (χ3v) is 4.73. The first-order chi connectivity index (χ1) is 9.13. The van der Waals surface area contributed by atoms with E-state index in [1.165, 1.54) is 30.6 Å². The number of hydrogen-bond acceptors (Lipinski definition) is 3. The maximum Gasteiger partial charge on any atom is 0.115 e. The summed E-state index contributed by atoms with van der Waals surface area (Å²) in [5, 5.41) is 13.4. The number of nitrogens with zero attached hydrogens (tertiary/aromatic N) is 1. The fourth-order valence-electron chi connectivity index (χ4n) is 3.64. The predicted molar refractivity (Wildman–Crippen MR) is 77.4 cm³/mol. The minimum Gasteiger partial charge on any atom is -0.508 e. The van der Waals surface area contributed by atoms with Crippen LogP contribution in [0.1, 0.15) is 36.9 Å². The third-order valence-electron chi connectivity index (χ3n) is 4.73. The highest BCUT2D eigenvalue weighted by atomic mass is 16.3. The summed E-state index contributed by atoms with van der Waals surface area (Å²) < 4.78 is 0. The molecule has 1 fully saturated rings. The Kier molecular flexibility index (Phi) is 3.50. The van der Waals surface area contributed by atoms with Crippen molar-refractivity contribution in [1.82, 2.24) is 10.2 Å². The first-order valence-corrected chi connectivity index (χ1v) is 7.40. The molecule has 3 rings (SSSR count). The molecule has 0 bridgehead atoms. The van der Waals surface area contributed by atoms with E-state index >= 15 is 0 Å². The molecule has 1 aromatic carbocycles. The van der Waals surface area contributed by atoms with Crippen molar-refractivity contribution in [3.8, 4) is 5.75 Å². The minimum atomic E-state index is 0.395. The van der Waals surface area contributed by atoms with Crippen molar-refractivity contribution in [2.24, 2.45) is 5.92 Å². The fraction of sp³-hybridized carbons (Fsp3) is 0.625. The standard InChI is InChI=1S/C16H24N2O/c1-11-10-18(2)8-7-15(11)17-16-6-3-12-9-13(19)4-5-14(12)16/h4-5,9,11,15-17,19H,3,6-8,10H2,1-2H3. The van der Waals surface area contributed by atoms with Gasteiger partial charge in [0.2, 0.25) is 0 Å². The topological polar surface area (TPSA) is 35.5 Å². The molecule has 1 aliphatic heterocycles. The lowest BCUT2D eigenvalue weighted by atomic mass is 9.93. The number of benzene rings is 1. The van der Waals surface area contributed by atoms with Gasteiger partial charge in [0.1, 0.15) is 5.75 Å². The number of phenolic OH excluding ortho intramolecular Hbond substituents is 1. The molecule has 0 saturated carbocycles. The zero-order valence-corrected chi connectivity index (χ0v) is 11.9. The molecular formula is C16H24N2O. The zero-order chi connectivity index (χ0) is 13.4.